The van der Waals surface area contributed by atoms with Crippen molar-refractivity contribution in [3.8, 4) is 28.0 Å². The number of phenols is 1. The Balaban J connectivity index is 1.92. The van der Waals surface area contributed by atoms with Crippen molar-refractivity contribution in [2.75, 3.05) is 0 Å². The van der Waals surface area contributed by atoms with Crippen LogP contribution in [-0.2, 0) is 0 Å². The molecule has 0 fully saturated rings. The number of aromatic nitrogens is 2. The van der Waals surface area contributed by atoms with Gasteiger partial charge in [-0.15, -0.1) is 0 Å². The lowest BCUT2D eigenvalue weighted by atomic mass is 10.0. The van der Waals surface area contributed by atoms with Gasteiger partial charge in [0.2, 0.25) is 0 Å². The lowest BCUT2D eigenvalue weighted by Gasteiger charge is -2.04. The highest BCUT2D eigenvalue weighted by atomic mass is 32.1. The molecule has 4 heteroatoms. The van der Waals surface area contributed by atoms with Crippen molar-refractivity contribution in [3.63, 3.8) is 0 Å². The maximum atomic E-state index is 9.66. The van der Waals surface area contributed by atoms with E-state index < -0.39 is 0 Å². The maximum absolute atomic E-state index is 9.66. The van der Waals surface area contributed by atoms with Crippen molar-refractivity contribution < 1.29 is 5.11 Å². The van der Waals surface area contributed by atoms with Gasteiger partial charge in [0.25, 0.3) is 0 Å². The number of nitrogens with one attached hydrogen (secondary N) is 1. The molecular formula is C18H14N2OS. The van der Waals surface area contributed by atoms with E-state index >= 15 is 0 Å². The molecule has 1 aromatic carbocycles. The number of rotatable bonds is 2. The van der Waals surface area contributed by atoms with E-state index in [4.69, 9.17) is 0 Å². The molecule has 108 valence electrons. The fourth-order valence-corrected chi connectivity index (χ4v) is 3.55. The lowest BCUT2D eigenvalue weighted by molar-refractivity contribution is 0.475. The number of benzene rings is 1. The first-order valence-corrected chi connectivity index (χ1v) is 7.96. The van der Waals surface area contributed by atoms with Gasteiger partial charge in [-0.3, -0.25) is 0 Å². The minimum absolute atomic E-state index is 0.264. The normalized spacial score (nSPS) is 11.1. The van der Waals surface area contributed by atoms with E-state index in [-0.39, 0.29) is 5.75 Å². The summed E-state index contributed by atoms with van der Waals surface area (Å²) in [6.07, 6.45) is 3.84. The predicted molar refractivity (Wildman–Crippen MR) is 91.2 cm³/mol. The molecule has 0 spiro atoms. The molecule has 0 aliphatic rings. The van der Waals surface area contributed by atoms with Crippen LogP contribution in [0.15, 0.2) is 53.5 Å². The van der Waals surface area contributed by atoms with Crippen molar-refractivity contribution >= 4 is 22.4 Å². The summed E-state index contributed by atoms with van der Waals surface area (Å²) in [6, 6.07) is 9.37. The predicted octanol–water partition coefficient (Wildman–Crippen LogP) is 4.97. The SMILES string of the molecule is Cc1cscc1-c1c[nH]c2ncc(-c3cccc(O)c3)cc12. The molecule has 2 N–H and O–H groups in total. The van der Waals surface area contributed by atoms with Crippen molar-refractivity contribution in [1.29, 1.82) is 0 Å². The zero-order chi connectivity index (χ0) is 15.1. The number of pyridine rings is 1. The van der Waals surface area contributed by atoms with Gasteiger partial charge in [-0.05, 0) is 52.6 Å². The van der Waals surface area contributed by atoms with Gasteiger partial charge < -0.3 is 10.1 Å². The number of aromatic amines is 1. The van der Waals surface area contributed by atoms with E-state index in [1.165, 1.54) is 16.7 Å². The third-order valence-electron chi connectivity index (χ3n) is 3.86. The molecule has 3 heterocycles. The summed E-state index contributed by atoms with van der Waals surface area (Å²) >= 11 is 1.71. The average Bonchev–Trinajstić information content (AvgIpc) is 3.12. The van der Waals surface area contributed by atoms with Crippen LogP contribution < -0.4 is 0 Å². The Morgan fingerprint density at radius 2 is 2.00 bits per heavy atom. The molecule has 0 saturated heterocycles. The van der Waals surface area contributed by atoms with E-state index in [0.29, 0.717) is 0 Å². The Kier molecular flexibility index (Phi) is 2.98. The molecular weight excluding hydrogens is 292 g/mol. The van der Waals surface area contributed by atoms with Crippen LogP contribution in [0.2, 0.25) is 0 Å². The molecule has 0 atom stereocenters. The molecule has 22 heavy (non-hydrogen) atoms. The number of phenolic OH excluding ortho intramolecular Hbond substituents is 1. The second-order valence-corrected chi connectivity index (χ2v) is 6.08. The van der Waals surface area contributed by atoms with E-state index in [9.17, 15) is 5.11 Å². The number of fused-ring (bicyclic) bond motifs is 1. The molecule has 0 aliphatic carbocycles. The zero-order valence-corrected chi connectivity index (χ0v) is 12.8. The number of aromatic hydroxyl groups is 1. The first kappa shape index (κ1) is 13.1. The summed E-state index contributed by atoms with van der Waals surface area (Å²) in [6.45, 7) is 2.12. The fraction of sp³-hybridized carbons (Fsp3) is 0.0556. The van der Waals surface area contributed by atoms with Gasteiger partial charge in [-0.1, -0.05) is 12.1 Å². The van der Waals surface area contributed by atoms with Crippen molar-refractivity contribution in [1.82, 2.24) is 9.97 Å². The lowest BCUT2D eigenvalue weighted by Crippen LogP contribution is -1.82. The van der Waals surface area contributed by atoms with Crippen LogP contribution >= 0.6 is 11.3 Å². The highest BCUT2D eigenvalue weighted by molar-refractivity contribution is 7.08. The van der Waals surface area contributed by atoms with E-state index in [1.807, 2.05) is 24.5 Å². The highest BCUT2D eigenvalue weighted by Gasteiger charge is 2.11. The van der Waals surface area contributed by atoms with Crippen molar-refractivity contribution in [2.24, 2.45) is 0 Å². The molecule has 0 amide bonds. The maximum Gasteiger partial charge on any atom is 0.137 e. The molecule has 0 saturated carbocycles. The molecule has 0 aliphatic heterocycles. The second-order valence-electron chi connectivity index (χ2n) is 5.34. The third-order valence-corrected chi connectivity index (χ3v) is 4.72. The van der Waals surface area contributed by atoms with Crippen LogP contribution in [0.25, 0.3) is 33.3 Å². The van der Waals surface area contributed by atoms with Gasteiger partial charge in [-0.2, -0.15) is 11.3 Å². The molecule has 4 aromatic rings. The monoisotopic (exact) mass is 306 g/mol. The number of hydrogen-bond acceptors (Lipinski definition) is 3. The number of hydrogen-bond donors (Lipinski definition) is 2. The Hall–Kier alpha value is -2.59. The summed E-state index contributed by atoms with van der Waals surface area (Å²) < 4.78 is 0. The fourth-order valence-electron chi connectivity index (χ4n) is 2.71. The van der Waals surface area contributed by atoms with E-state index in [0.717, 1.165) is 22.2 Å². The summed E-state index contributed by atoms with van der Waals surface area (Å²) in [5, 5.41) is 15.1. The Labute approximate surface area is 131 Å². The van der Waals surface area contributed by atoms with Crippen LogP contribution in [0.3, 0.4) is 0 Å². The van der Waals surface area contributed by atoms with Gasteiger partial charge >= 0.3 is 0 Å². The van der Waals surface area contributed by atoms with Crippen LogP contribution in [-0.4, -0.2) is 15.1 Å². The molecule has 0 radical (unpaired) electrons. The number of thiophene rings is 1. The van der Waals surface area contributed by atoms with Gasteiger partial charge in [-0.25, -0.2) is 4.98 Å². The van der Waals surface area contributed by atoms with Gasteiger partial charge in [0.1, 0.15) is 11.4 Å². The summed E-state index contributed by atoms with van der Waals surface area (Å²) in [7, 11) is 0. The number of nitrogens with zero attached hydrogens (tertiary/aromatic N) is 1. The van der Waals surface area contributed by atoms with Crippen molar-refractivity contribution in [3.05, 3.63) is 59.0 Å². The van der Waals surface area contributed by atoms with Crippen LogP contribution in [0, 0.1) is 6.92 Å². The summed E-state index contributed by atoms with van der Waals surface area (Å²) in [5.74, 6) is 0.264. The smallest absolute Gasteiger partial charge is 0.137 e. The standard InChI is InChI=1S/C18H14N2OS/c1-11-9-22-10-17(11)16-8-20-18-15(16)6-13(7-19-18)12-3-2-4-14(21)5-12/h2-10,21H,1H3,(H,19,20). The minimum atomic E-state index is 0.264. The first-order valence-electron chi connectivity index (χ1n) is 7.02. The summed E-state index contributed by atoms with van der Waals surface area (Å²) in [5.41, 5.74) is 6.52. The van der Waals surface area contributed by atoms with Gasteiger partial charge in [0, 0.05) is 28.9 Å². The largest absolute Gasteiger partial charge is 0.508 e. The Morgan fingerprint density at radius 3 is 2.77 bits per heavy atom. The van der Waals surface area contributed by atoms with E-state index in [2.05, 4.69) is 33.7 Å². The van der Waals surface area contributed by atoms with Crippen molar-refractivity contribution in [2.45, 2.75) is 6.92 Å². The Bertz CT molecular complexity index is 968. The van der Waals surface area contributed by atoms with Gasteiger partial charge in [0.15, 0.2) is 0 Å². The number of aryl methyl sites for hydroxylation is 1. The topological polar surface area (TPSA) is 48.9 Å². The zero-order valence-electron chi connectivity index (χ0n) is 12.0. The summed E-state index contributed by atoms with van der Waals surface area (Å²) in [4.78, 5) is 7.75. The second kappa shape index (κ2) is 5.00. The Morgan fingerprint density at radius 1 is 1.09 bits per heavy atom. The molecule has 3 nitrogen and oxygen atoms in total. The minimum Gasteiger partial charge on any atom is -0.508 e. The van der Waals surface area contributed by atoms with Crippen LogP contribution in [0.1, 0.15) is 5.56 Å². The molecule has 0 unspecified atom stereocenters. The first-order chi connectivity index (χ1) is 10.7. The highest BCUT2D eigenvalue weighted by Crippen LogP contribution is 2.34. The third kappa shape index (κ3) is 2.09. The van der Waals surface area contributed by atoms with Gasteiger partial charge in [0.05, 0.1) is 0 Å². The quantitative estimate of drug-likeness (QED) is 0.549. The number of H-pyrrole nitrogens is 1. The van der Waals surface area contributed by atoms with Crippen LogP contribution in [0.4, 0.5) is 0 Å². The molecule has 3 aromatic heterocycles. The molecule has 0 bridgehead atoms. The average molecular weight is 306 g/mol. The molecule has 4 rings (SSSR count). The van der Waals surface area contributed by atoms with Crippen LogP contribution in [0.5, 0.6) is 5.75 Å². The van der Waals surface area contributed by atoms with E-state index in [1.54, 1.807) is 23.5 Å².